The van der Waals surface area contributed by atoms with Gasteiger partial charge in [0.05, 0.1) is 0 Å². The Kier molecular flexibility index (Phi) is 2.03. The summed E-state index contributed by atoms with van der Waals surface area (Å²) in [5, 5.41) is 3.47. The predicted octanol–water partition coefficient (Wildman–Crippen LogP) is 2.82. The number of aryl methyl sites for hydroxylation is 1. The molecule has 12 heavy (non-hydrogen) atoms. The molecular weight excluding hydrogens is 146 g/mol. The highest BCUT2D eigenvalue weighted by atomic mass is 14.9. The van der Waals surface area contributed by atoms with E-state index < -0.39 is 0 Å². The molecule has 0 unspecified atom stereocenters. The molecule has 1 aliphatic rings. The lowest BCUT2D eigenvalue weighted by Crippen LogP contribution is -2.00. The largest absolute Gasteiger partial charge is 0.382 e. The quantitative estimate of drug-likeness (QED) is 0.718. The maximum atomic E-state index is 3.47. The third-order valence-electron chi connectivity index (χ3n) is 2.31. The molecule has 1 nitrogen and oxygen atoms in total. The first-order valence-corrected chi connectivity index (χ1v) is 4.74. The number of hydrogen-bond donors (Lipinski definition) is 1. The van der Waals surface area contributed by atoms with Gasteiger partial charge in [-0.1, -0.05) is 19.1 Å². The molecule has 0 aliphatic heterocycles. The standard InChI is InChI=1S/C11H15N/c1-2-9-3-5-10(6-4-9)12-11-7-8-11/h3-6,11-12H,2,7-8H2,1H3. The van der Waals surface area contributed by atoms with Gasteiger partial charge >= 0.3 is 0 Å². The van der Waals surface area contributed by atoms with E-state index in [4.69, 9.17) is 0 Å². The van der Waals surface area contributed by atoms with Crippen LogP contribution in [-0.2, 0) is 6.42 Å². The third-order valence-corrected chi connectivity index (χ3v) is 2.31. The van der Waals surface area contributed by atoms with Crippen molar-refractivity contribution in [2.75, 3.05) is 5.32 Å². The average molecular weight is 161 g/mol. The fraction of sp³-hybridized carbons (Fsp3) is 0.455. The van der Waals surface area contributed by atoms with Crippen LogP contribution < -0.4 is 5.32 Å². The molecule has 0 amide bonds. The van der Waals surface area contributed by atoms with Crippen molar-refractivity contribution in [3.05, 3.63) is 29.8 Å². The van der Waals surface area contributed by atoms with Gasteiger partial charge in [-0.25, -0.2) is 0 Å². The van der Waals surface area contributed by atoms with E-state index in [0.29, 0.717) is 0 Å². The number of benzene rings is 1. The molecule has 0 bridgehead atoms. The van der Waals surface area contributed by atoms with Gasteiger partial charge in [-0.05, 0) is 37.0 Å². The van der Waals surface area contributed by atoms with E-state index in [0.717, 1.165) is 12.5 Å². The number of anilines is 1. The van der Waals surface area contributed by atoms with Gasteiger partial charge in [0.2, 0.25) is 0 Å². The zero-order chi connectivity index (χ0) is 8.39. The third kappa shape index (κ3) is 1.79. The van der Waals surface area contributed by atoms with Crippen LogP contribution in [0.15, 0.2) is 24.3 Å². The highest BCUT2D eigenvalue weighted by Crippen LogP contribution is 2.24. The molecule has 1 aliphatic carbocycles. The molecule has 1 N–H and O–H groups in total. The second-order valence-corrected chi connectivity index (χ2v) is 3.47. The first-order chi connectivity index (χ1) is 5.88. The van der Waals surface area contributed by atoms with Crippen LogP contribution in [0.1, 0.15) is 25.3 Å². The smallest absolute Gasteiger partial charge is 0.0342 e. The van der Waals surface area contributed by atoms with Gasteiger partial charge in [0.15, 0.2) is 0 Å². The maximum Gasteiger partial charge on any atom is 0.0342 e. The van der Waals surface area contributed by atoms with Crippen molar-refractivity contribution in [3.8, 4) is 0 Å². The fourth-order valence-corrected chi connectivity index (χ4v) is 1.30. The van der Waals surface area contributed by atoms with E-state index in [1.165, 1.54) is 24.1 Å². The van der Waals surface area contributed by atoms with Crippen LogP contribution in [0.2, 0.25) is 0 Å². The topological polar surface area (TPSA) is 12.0 Å². The lowest BCUT2D eigenvalue weighted by Gasteiger charge is -2.04. The van der Waals surface area contributed by atoms with E-state index in [9.17, 15) is 0 Å². The Morgan fingerprint density at radius 1 is 1.25 bits per heavy atom. The number of nitrogens with one attached hydrogen (secondary N) is 1. The number of hydrogen-bond acceptors (Lipinski definition) is 1. The molecule has 1 heteroatoms. The van der Waals surface area contributed by atoms with Crippen molar-refractivity contribution in [1.82, 2.24) is 0 Å². The van der Waals surface area contributed by atoms with Gasteiger partial charge in [0.1, 0.15) is 0 Å². The number of rotatable bonds is 3. The maximum absolute atomic E-state index is 3.47. The summed E-state index contributed by atoms with van der Waals surface area (Å²) in [6.45, 7) is 2.18. The van der Waals surface area contributed by atoms with Crippen molar-refractivity contribution < 1.29 is 0 Å². The minimum Gasteiger partial charge on any atom is -0.382 e. The zero-order valence-corrected chi connectivity index (χ0v) is 7.51. The molecule has 64 valence electrons. The molecule has 0 saturated heterocycles. The van der Waals surface area contributed by atoms with E-state index in [-0.39, 0.29) is 0 Å². The summed E-state index contributed by atoms with van der Waals surface area (Å²) in [4.78, 5) is 0. The lowest BCUT2D eigenvalue weighted by atomic mass is 10.1. The summed E-state index contributed by atoms with van der Waals surface area (Å²) in [6.07, 6.45) is 3.81. The molecule has 0 heterocycles. The average Bonchev–Trinajstić information content (AvgIpc) is 2.90. The van der Waals surface area contributed by atoms with Crippen LogP contribution >= 0.6 is 0 Å². The Morgan fingerprint density at radius 2 is 1.92 bits per heavy atom. The summed E-state index contributed by atoms with van der Waals surface area (Å²) in [7, 11) is 0. The first-order valence-electron chi connectivity index (χ1n) is 4.74. The molecule has 1 fully saturated rings. The molecule has 1 aromatic carbocycles. The normalized spacial score (nSPS) is 16.1. The van der Waals surface area contributed by atoms with Gasteiger partial charge < -0.3 is 5.32 Å². The molecule has 0 aromatic heterocycles. The fourth-order valence-electron chi connectivity index (χ4n) is 1.30. The van der Waals surface area contributed by atoms with E-state index >= 15 is 0 Å². The first kappa shape index (κ1) is 7.66. The van der Waals surface area contributed by atoms with Crippen LogP contribution in [0.5, 0.6) is 0 Å². The van der Waals surface area contributed by atoms with Crippen LogP contribution in [0, 0.1) is 0 Å². The molecular formula is C11H15N. The Balaban J connectivity index is 2.02. The van der Waals surface area contributed by atoms with Crippen molar-refractivity contribution in [2.24, 2.45) is 0 Å². The van der Waals surface area contributed by atoms with Gasteiger partial charge in [-0.3, -0.25) is 0 Å². The van der Waals surface area contributed by atoms with Crippen LogP contribution in [0.25, 0.3) is 0 Å². The van der Waals surface area contributed by atoms with Crippen molar-refractivity contribution in [1.29, 1.82) is 0 Å². The molecule has 1 aromatic rings. The molecule has 0 radical (unpaired) electrons. The zero-order valence-electron chi connectivity index (χ0n) is 7.51. The van der Waals surface area contributed by atoms with Crippen LogP contribution in [0.3, 0.4) is 0 Å². The second kappa shape index (κ2) is 3.18. The molecule has 2 rings (SSSR count). The predicted molar refractivity (Wildman–Crippen MR) is 52.5 cm³/mol. The van der Waals surface area contributed by atoms with Gasteiger partial charge in [0.25, 0.3) is 0 Å². The minimum absolute atomic E-state index is 0.762. The van der Waals surface area contributed by atoms with Crippen molar-refractivity contribution >= 4 is 5.69 Å². The molecule has 0 spiro atoms. The molecule has 1 saturated carbocycles. The van der Waals surface area contributed by atoms with Gasteiger partial charge in [-0.2, -0.15) is 0 Å². The van der Waals surface area contributed by atoms with Gasteiger partial charge in [0, 0.05) is 11.7 Å². The van der Waals surface area contributed by atoms with Crippen molar-refractivity contribution in [2.45, 2.75) is 32.2 Å². The second-order valence-electron chi connectivity index (χ2n) is 3.47. The minimum atomic E-state index is 0.762. The summed E-state index contributed by atoms with van der Waals surface area (Å²) in [5.74, 6) is 0. The summed E-state index contributed by atoms with van der Waals surface area (Å²) in [5.41, 5.74) is 2.69. The summed E-state index contributed by atoms with van der Waals surface area (Å²) in [6, 6.07) is 9.52. The Morgan fingerprint density at radius 3 is 2.42 bits per heavy atom. The van der Waals surface area contributed by atoms with E-state index in [1.54, 1.807) is 0 Å². The highest BCUT2D eigenvalue weighted by molar-refractivity contribution is 5.46. The van der Waals surface area contributed by atoms with E-state index in [1.807, 2.05) is 0 Å². The van der Waals surface area contributed by atoms with E-state index in [2.05, 4.69) is 36.5 Å². The van der Waals surface area contributed by atoms with Crippen molar-refractivity contribution in [3.63, 3.8) is 0 Å². The Bertz CT molecular complexity index is 246. The Hall–Kier alpha value is -0.980. The summed E-state index contributed by atoms with van der Waals surface area (Å²) >= 11 is 0. The Labute approximate surface area is 73.8 Å². The SMILES string of the molecule is CCc1ccc(NC2CC2)cc1. The monoisotopic (exact) mass is 161 g/mol. The van der Waals surface area contributed by atoms with Crippen LogP contribution in [0.4, 0.5) is 5.69 Å². The van der Waals surface area contributed by atoms with Gasteiger partial charge in [-0.15, -0.1) is 0 Å². The highest BCUT2D eigenvalue weighted by Gasteiger charge is 2.20. The molecule has 0 atom stereocenters. The van der Waals surface area contributed by atoms with Crippen LogP contribution in [-0.4, -0.2) is 6.04 Å². The summed E-state index contributed by atoms with van der Waals surface area (Å²) < 4.78 is 0. The lowest BCUT2D eigenvalue weighted by molar-refractivity contribution is 1.12.